The van der Waals surface area contributed by atoms with Crippen molar-refractivity contribution in [3.63, 3.8) is 0 Å². The summed E-state index contributed by atoms with van der Waals surface area (Å²) in [5, 5.41) is 1.72. The predicted octanol–water partition coefficient (Wildman–Crippen LogP) is 1.88. The molecule has 3 nitrogen and oxygen atoms in total. The zero-order valence-corrected chi connectivity index (χ0v) is 7.39. The summed E-state index contributed by atoms with van der Waals surface area (Å²) in [6, 6.07) is 1.61. The molecule has 12 heavy (non-hydrogen) atoms. The van der Waals surface area contributed by atoms with E-state index in [1.807, 2.05) is 0 Å². The Hall–Kier alpha value is -1.16. The molecule has 0 saturated heterocycles. The Bertz CT molecular complexity index is 290. The number of hydrogen-bond donors (Lipinski definition) is 0. The Kier molecular flexibility index (Phi) is 2.99. The van der Waals surface area contributed by atoms with E-state index in [4.69, 9.17) is 0 Å². The van der Waals surface area contributed by atoms with Crippen molar-refractivity contribution in [1.82, 2.24) is 0 Å². The molecule has 0 saturated carbocycles. The largest absolute Gasteiger partial charge is 0.427 e. The lowest BCUT2D eigenvalue weighted by atomic mass is 10.2. The Balaban J connectivity index is 2.90. The summed E-state index contributed by atoms with van der Waals surface area (Å²) in [6.45, 7) is 2.10. The molecule has 0 spiro atoms. The molecule has 64 valence electrons. The number of Topliss-reactive ketones (excluding diaryl/α,β-unsaturated/α-hetero) is 1. The third-order valence-corrected chi connectivity index (χ3v) is 2.32. The van der Waals surface area contributed by atoms with Crippen LogP contribution < -0.4 is 4.74 Å². The van der Waals surface area contributed by atoms with Gasteiger partial charge in [0.1, 0.15) is 4.88 Å². The average molecular weight is 184 g/mol. The van der Waals surface area contributed by atoms with Crippen molar-refractivity contribution in [2.45, 2.75) is 13.3 Å². The van der Waals surface area contributed by atoms with Crippen molar-refractivity contribution in [2.75, 3.05) is 0 Å². The maximum absolute atomic E-state index is 11.2. The summed E-state index contributed by atoms with van der Waals surface area (Å²) >= 11 is 1.29. The summed E-state index contributed by atoms with van der Waals surface area (Å²) < 4.78 is 4.61. The predicted molar refractivity (Wildman–Crippen MR) is 45.6 cm³/mol. The highest BCUT2D eigenvalue weighted by Crippen LogP contribution is 2.25. The molecule has 0 N–H and O–H groups in total. The highest BCUT2D eigenvalue weighted by molar-refractivity contribution is 7.12. The minimum Gasteiger partial charge on any atom is -0.427 e. The van der Waals surface area contributed by atoms with Crippen LogP contribution in [-0.4, -0.2) is 12.3 Å². The van der Waals surface area contributed by atoms with Crippen LogP contribution in [0.4, 0.5) is 0 Å². The van der Waals surface area contributed by atoms with Gasteiger partial charge in [-0.3, -0.25) is 9.59 Å². The number of carbonyl (C=O) groups excluding carboxylic acids is 2. The van der Waals surface area contributed by atoms with E-state index in [0.29, 0.717) is 23.5 Å². The minimum absolute atomic E-state index is 0.00171. The van der Waals surface area contributed by atoms with Crippen molar-refractivity contribution in [1.29, 1.82) is 0 Å². The maximum atomic E-state index is 11.2. The topological polar surface area (TPSA) is 43.4 Å². The Morgan fingerprint density at radius 1 is 1.75 bits per heavy atom. The highest BCUT2D eigenvalue weighted by Gasteiger charge is 2.11. The van der Waals surface area contributed by atoms with E-state index in [-0.39, 0.29) is 5.78 Å². The van der Waals surface area contributed by atoms with E-state index < -0.39 is 0 Å². The second kappa shape index (κ2) is 4.01. The summed E-state index contributed by atoms with van der Waals surface area (Å²) in [5.41, 5.74) is 0. The molecule has 0 atom stereocenters. The van der Waals surface area contributed by atoms with E-state index in [1.54, 1.807) is 18.4 Å². The van der Waals surface area contributed by atoms with Gasteiger partial charge in [-0.25, -0.2) is 0 Å². The second-order valence-corrected chi connectivity index (χ2v) is 3.02. The molecule has 0 aromatic carbocycles. The lowest BCUT2D eigenvalue weighted by Crippen LogP contribution is -1.97. The molecule has 1 aromatic rings. The van der Waals surface area contributed by atoms with E-state index in [2.05, 4.69) is 4.74 Å². The molecule has 0 aliphatic carbocycles. The number of hydrogen-bond acceptors (Lipinski definition) is 4. The number of thiophene rings is 1. The van der Waals surface area contributed by atoms with Crippen molar-refractivity contribution in [2.24, 2.45) is 0 Å². The van der Waals surface area contributed by atoms with Crippen LogP contribution in [0.15, 0.2) is 11.4 Å². The van der Waals surface area contributed by atoms with Gasteiger partial charge in [0.2, 0.25) is 0 Å². The number of carbonyl (C=O) groups is 2. The second-order valence-electron chi connectivity index (χ2n) is 2.10. The van der Waals surface area contributed by atoms with Gasteiger partial charge in [-0.15, -0.1) is 11.3 Å². The summed E-state index contributed by atoms with van der Waals surface area (Å²) in [6.07, 6.45) is 0.426. The molecule has 1 heterocycles. The molecule has 0 aliphatic rings. The van der Waals surface area contributed by atoms with Gasteiger partial charge in [0.15, 0.2) is 11.5 Å². The first-order chi connectivity index (χ1) is 5.79. The van der Waals surface area contributed by atoms with Gasteiger partial charge in [-0.2, -0.15) is 0 Å². The van der Waals surface area contributed by atoms with Gasteiger partial charge in [0.25, 0.3) is 6.47 Å². The SMILES string of the molecule is CCC(=O)c1sccc1OC=O. The average Bonchev–Trinajstić information content (AvgIpc) is 2.52. The number of ketones is 1. The molecule has 0 amide bonds. The van der Waals surface area contributed by atoms with Crippen molar-refractivity contribution in [3.8, 4) is 5.75 Å². The summed E-state index contributed by atoms with van der Waals surface area (Å²) in [4.78, 5) is 21.7. The Morgan fingerprint density at radius 3 is 3.08 bits per heavy atom. The zero-order valence-electron chi connectivity index (χ0n) is 6.57. The van der Waals surface area contributed by atoms with Crippen molar-refractivity contribution < 1.29 is 14.3 Å². The lowest BCUT2D eigenvalue weighted by Gasteiger charge is -1.96. The standard InChI is InChI=1S/C8H8O3S/c1-2-6(10)8-7(11-5-9)3-4-12-8/h3-5H,2H2,1H3. The van der Waals surface area contributed by atoms with Crippen LogP contribution >= 0.6 is 11.3 Å². The fraction of sp³-hybridized carbons (Fsp3) is 0.250. The minimum atomic E-state index is 0.00171. The molecule has 0 fully saturated rings. The quantitative estimate of drug-likeness (QED) is 0.530. The van der Waals surface area contributed by atoms with Gasteiger partial charge >= 0.3 is 0 Å². The van der Waals surface area contributed by atoms with Crippen LogP contribution in [0.1, 0.15) is 23.0 Å². The van der Waals surface area contributed by atoms with Crippen molar-refractivity contribution in [3.05, 3.63) is 16.3 Å². The van der Waals surface area contributed by atoms with Gasteiger partial charge in [-0.1, -0.05) is 6.92 Å². The normalized spacial score (nSPS) is 9.42. The van der Waals surface area contributed by atoms with E-state index in [9.17, 15) is 9.59 Å². The number of rotatable bonds is 4. The number of ether oxygens (including phenoxy) is 1. The fourth-order valence-corrected chi connectivity index (χ4v) is 1.64. The molecule has 4 heteroatoms. The highest BCUT2D eigenvalue weighted by atomic mass is 32.1. The Labute approximate surface area is 74.0 Å². The van der Waals surface area contributed by atoms with E-state index >= 15 is 0 Å². The maximum Gasteiger partial charge on any atom is 0.298 e. The first kappa shape index (κ1) is 8.93. The molecule has 1 aromatic heterocycles. The molecular formula is C8H8O3S. The molecule has 0 unspecified atom stereocenters. The van der Waals surface area contributed by atoms with Gasteiger partial charge < -0.3 is 4.74 Å². The fourth-order valence-electron chi connectivity index (χ4n) is 0.806. The molecule has 0 radical (unpaired) electrons. The lowest BCUT2D eigenvalue weighted by molar-refractivity contribution is -0.120. The van der Waals surface area contributed by atoms with Crippen LogP contribution in [0.2, 0.25) is 0 Å². The third-order valence-electron chi connectivity index (χ3n) is 1.38. The van der Waals surface area contributed by atoms with Crippen molar-refractivity contribution >= 4 is 23.6 Å². The first-order valence-corrected chi connectivity index (χ1v) is 4.38. The summed E-state index contributed by atoms with van der Waals surface area (Å²) in [5.74, 6) is 0.365. The van der Waals surface area contributed by atoms with Crippen LogP contribution in [0, 0.1) is 0 Å². The van der Waals surface area contributed by atoms with Gasteiger partial charge in [-0.05, 0) is 11.4 Å². The van der Waals surface area contributed by atoms with Gasteiger partial charge in [0.05, 0.1) is 0 Å². The van der Waals surface area contributed by atoms with E-state index in [1.165, 1.54) is 11.3 Å². The van der Waals surface area contributed by atoms with Crippen LogP contribution in [0.25, 0.3) is 0 Å². The van der Waals surface area contributed by atoms with Crippen LogP contribution in [0.5, 0.6) is 5.75 Å². The molecular weight excluding hydrogens is 176 g/mol. The Morgan fingerprint density at radius 2 is 2.50 bits per heavy atom. The smallest absolute Gasteiger partial charge is 0.298 e. The van der Waals surface area contributed by atoms with Crippen LogP contribution in [-0.2, 0) is 4.79 Å². The first-order valence-electron chi connectivity index (χ1n) is 3.50. The van der Waals surface area contributed by atoms with Crippen LogP contribution in [0.3, 0.4) is 0 Å². The monoisotopic (exact) mass is 184 g/mol. The molecule has 0 aliphatic heterocycles. The molecule has 0 bridgehead atoms. The zero-order chi connectivity index (χ0) is 8.97. The van der Waals surface area contributed by atoms with Gasteiger partial charge in [0, 0.05) is 6.42 Å². The molecule has 1 rings (SSSR count). The van der Waals surface area contributed by atoms with E-state index in [0.717, 1.165) is 0 Å². The summed E-state index contributed by atoms with van der Waals surface area (Å²) in [7, 11) is 0. The third kappa shape index (κ3) is 1.71.